The number of ether oxygens (including phenoxy) is 1. The van der Waals surface area contributed by atoms with E-state index in [0.29, 0.717) is 11.6 Å². The third-order valence-electron chi connectivity index (χ3n) is 4.42. The monoisotopic (exact) mass is 441 g/mol. The van der Waals surface area contributed by atoms with Gasteiger partial charge in [-0.2, -0.15) is 13.2 Å². The van der Waals surface area contributed by atoms with Gasteiger partial charge in [0.1, 0.15) is 5.75 Å². The number of hydrogen-bond acceptors (Lipinski definition) is 5. The van der Waals surface area contributed by atoms with Crippen LogP contribution in [0.2, 0.25) is 0 Å². The number of hydrogen-bond donors (Lipinski definition) is 1. The first-order valence-corrected chi connectivity index (χ1v) is 10.7. The number of carbonyl (C=O) groups excluding carboxylic acids is 1. The Morgan fingerprint density at radius 1 is 1.20 bits per heavy atom. The second-order valence-electron chi connectivity index (χ2n) is 7.12. The maximum absolute atomic E-state index is 13.4. The molecule has 0 unspecified atom stereocenters. The Labute approximate surface area is 178 Å². The molecule has 1 N–H and O–H groups in total. The standard InChI is InChI=1S/C21H26F3N3O2S/c1-12(2)29-16-7-6-15(18(10-16)21(22,23)24)11-25-19(28)9-8-17-13(3)26-20(30-5)27-14(17)4/h6-7,10,12H,8-9,11H2,1-5H3,(H,25,28). The molecule has 0 spiro atoms. The summed E-state index contributed by atoms with van der Waals surface area (Å²) in [6, 6.07) is 3.79. The number of rotatable bonds is 8. The van der Waals surface area contributed by atoms with Gasteiger partial charge in [-0.3, -0.25) is 4.79 Å². The molecule has 30 heavy (non-hydrogen) atoms. The zero-order chi connectivity index (χ0) is 22.5. The highest BCUT2D eigenvalue weighted by atomic mass is 32.2. The molecule has 0 aliphatic rings. The van der Waals surface area contributed by atoms with Gasteiger partial charge < -0.3 is 10.1 Å². The Hall–Kier alpha value is -2.29. The van der Waals surface area contributed by atoms with Gasteiger partial charge in [0, 0.05) is 24.4 Å². The number of carbonyl (C=O) groups is 1. The van der Waals surface area contributed by atoms with E-state index in [1.807, 2.05) is 20.1 Å². The summed E-state index contributed by atoms with van der Waals surface area (Å²) >= 11 is 1.44. The van der Waals surface area contributed by atoms with E-state index in [2.05, 4.69) is 15.3 Å². The van der Waals surface area contributed by atoms with Crippen molar-refractivity contribution in [2.24, 2.45) is 0 Å². The van der Waals surface area contributed by atoms with Gasteiger partial charge in [0.25, 0.3) is 0 Å². The van der Waals surface area contributed by atoms with Gasteiger partial charge in [-0.15, -0.1) is 0 Å². The number of aromatic nitrogens is 2. The smallest absolute Gasteiger partial charge is 0.416 e. The van der Waals surface area contributed by atoms with Crippen LogP contribution in [0.25, 0.3) is 0 Å². The Morgan fingerprint density at radius 2 is 1.83 bits per heavy atom. The van der Waals surface area contributed by atoms with Crippen molar-refractivity contribution < 1.29 is 22.7 Å². The number of nitrogens with one attached hydrogen (secondary N) is 1. The molecule has 1 aromatic heterocycles. The van der Waals surface area contributed by atoms with Crippen LogP contribution in [0.1, 0.15) is 48.3 Å². The van der Waals surface area contributed by atoms with E-state index in [4.69, 9.17) is 4.74 Å². The number of amides is 1. The van der Waals surface area contributed by atoms with Crippen LogP contribution in [0.15, 0.2) is 23.4 Å². The fraction of sp³-hybridized carbons (Fsp3) is 0.476. The number of thioether (sulfide) groups is 1. The molecule has 0 bridgehead atoms. The molecule has 0 aliphatic heterocycles. The Bertz CT molecular complexity index is 879. The first-order chi connectivity index (χ1) is 14.0. The predicted octanol–water partition coefficient (Wildman–Crippen LogP) is 4.87. The van der Waals surface area contributed by atoms with E-state index < -0.39 is 11.7 Å². The van der Waals surface area contributed by atoms with E-state index in [9.17, 15) is 18.0 Å². The van der Waals surface area contributed by atoms with Crippen molar-refractivity contribution in [3.63, 3.8) is 0 Å². The quantitative estimate of drug-likeness (QED) is 0.468. The van der Waals surface area contributed by atoms with Crippen molar-refractivity contribution in [3.05, 3.63) is 46.3 Å². The van der Waals surface area contributed by atoms with Crippen LogP contribution in [-0.2, 0) is 23.9 Å². The fourth-order valence-electron chi connectivity index (χ4n) is 3.00. The summed E-state index contributed by atoms with van der Waals surface area (Å²) in [6.07, 6.45) is -2.33. The van der Waals surface area contributed by atoms with Crippen LogP contribution in [-0.4, -0.2) is 28.2 Å². The molecular formula is C21H26F3N3O2S. The van der Waals surface area contributed by atoms with Crippen LogP contribution in [0.4, 0.5) is 13.2 Å². The molecule has 164 valence electrons. The first-order valence-electron chi connectivity index (χ1n) is 9.52. The number of alkyl halides is 3. The third kappa shape index (κ3) is 6.62. The molecule has 0 saturated heterocycles. The number of aryl methyl sites for hydroxylation is 2. The summed E-state index contributed by atoms with van der Waals surface area (Å²) < 4.78 is 45.6. The second kappa shape index (κ2) is 10.1. The van der Waals surface area contributed by atoms with Crippen molar-refractivity contribution in [1.82, 2.24) is 15.3 Å². The topological polar surface area (TPSA) is 64.1 Å². The molecule has 2 rings (SSSR count). The van der Waals surface area contributed by atoms with Gasteiger partial charge in [0.2, 0.25) is 5.91 Å². The first kappa shape index (κ1) is 24.0. The highest BCUT2D eigenvalue weighted by molar-refractivity contribution is 7.98. The normalized spacial score (nSPS) is 11.6. The van der Waals surface area contributed by atoms with Crippen molar-refractivity contribution in [2.45, 2.75) is 64.5 Å². The summed E-state index contributed by atoms with van der Waals surface area (Å²) in [5, 5.41) is 3.25. The predicted molar refractivity (Wildman–Crippen MR) is 111 cm³/mol. The van der Waals surface area contributed by atoms with Crippen LogP contribution in [0.5, 0.6) is 5.75 Å². The van der Waals surface area contributed by atoms with Gasteiger partial charge in [-0.25, -0.2) is 9.97 Å². The average Bonchev–Trinajstić information content (AvgIpc) is 2.64. The van der Waals surface area contributed by atoms with Crippen LogP contribution in [0, 0.1) is 13.8 Å². The number of nitrogens with zero attached hydrogens (tertiary/aromatic N) is 2. The molecule has 1 heterocycles. The third-order valence-corrected chi connectivity index (χ3v) is 4.97. The zero-order valence-corrected chi connectivity index (χ0v) is 18.5. The second-order valence-corrected chi connectivity index (χ2v) is 7.89. The molecule has 0 fully saturated rings. The highest BCUT2D eigenvalue weighted by Gasteiger charge is 2.34. The molecule has 5 nitrogen and oxygen atoms in total. The molecule has 0 aliphatic carbocycles. The largest absolute Gasteiger partial charge is 0.491 e. The van der Waals surface area contributed by atoms with Gasteiger partial charge in [0.15, 0.2) is 5.16 Å². The lowest BCUT2D eigenvalue weighted by atomic mass is 10.1. The lowest BCUT2D eigenvalue weighted by Gasteiger charge is -2.17. The maximum Gasteiger partial charge on any atom is 0.416 e. The van der Waals surface area contributed by atoms with Gasteiger partial charge in [0.05, 0.1) is 11.7 Å². The summed E-state index contributed by atoms with van der Waals surface area (Å²) in [6.45, 7) is 6.99. The van der Waals surface area contributed by atoms with E-state index in [-0.39, 0.29) is 36.3 Å². The van der Waals surface area contributed by atoms with Crippen LogP contribution >= 0.6 is 11.8 Å². The van der Waals surface area contributed by atoms with Crippen LogP contribution < -0.4 is 10.1 Å². The van der Waals surface area contributed by atoms with Gasteiger partial charge >= 0.3 is 6.18 Å². The van der Waals surface area contributed by atoms with Gasteiger partial charge in [-0.1, -0.05) is 17.8 Å². The Kier molecular flexibility index (Phi) is 8.11. The maximum atomic E-state index is 13.4. The Morgan fingerprint density at radius 3 is 2.37 bits per heavy atom. The lowest BCUT2D eigenvalue weighted by Crippen LogP contribution is -2.25. The summed E-state index contributed by atoms with van der Waals surface area (Å²) in [4.78, 5) is 21.0. The van der Waals surface area contributed by atoms with Crippen molar-refractivity contribution in [1.29, 1.82) is 0 Å². The zero-order valence-electron chi connectivity index (χ0n) is 17.7. The average molecular weight is 442 g/mol. The molecular weight excluding hydrogens is 415 g/mol. The summed E-state index contributed by atoms with van der Waals surface area (Å²) in [7, 11) is 0. The fourth-order valence-corrected chi connectivity index (χ4v) is 3.46. The van der Waals surface area contributed by atoms with Crippen molar-refractivity contribution in [2.75, 3.05) is 6.26 Å². The van der Waals surface area contributed by atoms with E-state index in [1.54, 1.807) is 13.8 Å². The Balaban J connectivity index is 2.04. The molecule has 1 amide bonds. The van der Waals surface area contributed by atoms with Crippen molar-refractivity contribution >= 4 is 17.7 Å². The summed E-state index contributed by atoms with van der Waals surface area (Å²) in [5.74, 6) is -0.189. The number of halogens is 3. The minimum atomic E-state index is -4.54. The van der Waals surface area contributed by atoms with E-state index >= 15 is 0 Å². The van der Waals surface area contributed by atoms with Crippen LogP contribution in [0.3, 0.4) is 0 Å². The highest BCUT2D eigenvalue weighted by Crippen LogP contribution is 2.34. The molecule has 0 saturated carbocycles. The minimum absolute atomic E-state index is 0.00743. The number of benzene rings is 1. The molecule has 0 radical (unpaired) electrons. The van der Waals surface area contributed by atoms with E-state index in [1.165, 1.54) is 23.9 Å². The summed E-state index contributed by atoms with van der Waals surface area (Å²) in [5.41, 5.74) is 1.68. The molecule has 2 aromatic rings. The molecule has 1 aromatic carbocycles. The lowest BCUT2D eigenvalue weighted by molar-refractivity contribution is -0.138. The molecule has 0 atom stereocenters. The minimum Gasteiger partial charge on any atom is -0.491 e. The SMILES string of the molecule is CSc1nc(C)c(CCC(=O)NCc2ccc(OC(C)C)cc2C(F)(F)F)c(C)n1. The van der Waals surface area contributed by atoms with E-state index in [0.717, 1.165) is 23.0 Å². The van der Waals surface area contributed by atoms with Crippen molar-refractivity contribution in [3.8, 4) is 5.75 Å². The van der Waals surface area contributed by atoms with Gasteiger partial charge in [-0.05, 0) is 63.6 Å². The molecule has 9 heteroatoms.